The molecule has 1 rings (SSSR count). The summed E-state index contributed by atoms with van der Waals surface area (Å²) in [5.74, 6) is -4.81. The predicted octanol–water partition coefficient (Wildman–Crippen LogP) is -2.72. The van der Waals surface area contributed by atoms with Crippen molar-refractivity contribution in [1.82, 2.24) is 16.0 Å². The van der Waals surface area contributed by atoms with Crippen LogP contribution in [0.3, 0.4) is 0 Å². The van der Waals surface area contributed by atoms with E-state index in [1.54, 1.807) is 24.3 Å². The molecule has 4 unspecified atom stereocenters. The molecule has 0 spiro atoms. The summed E-state index contributed by atoms with van der Waals surface area (Å²) in [6.45, 7) is -0.847. The highest BCUT2D eigenvalue weighted by Crippen LogP contribution is 2.04. The number of rotatable bonds is 14. The van der Waals surface area contributed by atoms with Gasteiger partial charge in [0.1, 0.15) is 18.1 Å². The molecule has 9 N–H and O–H groups in total. The Morgan fingerprint density at radius 2 is 1.45 bits per heavy atom. The Hall–Kier alpha value is -3.16. The number of carboxylic acids is 1. The van der Waals surface area contributed by atoms with E-state index in [1.807, 2.05) is 6.07 Å². The number of carbonyl (C=O) groups is 5. The number of carbonyl (C=O) groups excluding carboxylic acids is 4. The normalized spacial score (nSPS) is 14.3. The Morgan fingerprint density at radius 1 is 0.909 bits per heavy atom. The minimum Gasteiger partial charge on any atom is -0.480 e. The van der Waals surface area contributed by atoms with Crippen LogP contribution in [0.4, 0.5) is 0 Å². The van der Waals surface area contributed by atoms with Gasteiger partial charge in [0.25, 0.3) is 0 Å². The molecule has 0 aliphatic carbocycles. The van der Waals surface area contributed by atoms with Crippen molar-refractivity contribution in [3.05, 3.63) is 35.9 Å². The van der Waals surface area contributed by atoms with Crippen LogP contribution in [0.15, 0.2) is 30.3 Å². The van der Waals surface area contributed by atoms with Gasteiger partial charge < -0.3 is 37.6 Å². The van der Waals surface area contributed by atoms with E-state index in [9.17, 15) is 29.1 Å². The van der Waals surface area contributed by atoms with E-state index in [1.165, 1.54) is 0 Å². The number of aliphatic hydroxyl groups is 1. The van der Waals surface area contributed by atoms with E-state index in [2.05, 4.69) is 28.6 Å². The van der Waals surface area contributed by atoms with E-state index < -0.39 is 60.4 Å². The highest BCUT2D eigenvalue weighted by atomic mass is 32.1. The molecule has 0 aliphatic heterocycles. The van der Waals surface area contributed by atoms with Crippen molar-refractivity contribution in [3.63, 3.8) is 0 Å². The van der Waals surface area contributed by atoms with Crippen molar-refractivity contribution >= 4 is 42.2 Å². The first-order valence-corrected chi connectivity index (χ1v) is 10.7. The lowest BCUT2D eigenvalue weighted by Gasteiger charge is -2.24. The van der Waals surface area contributed by atoms with E-state index in [0.29, 0.717) is 0 Å². The van der Waals surface area contributed by atoms with Crippen LogP contribution in [0.1, 0.15) is 18.4 Å². The highest BCUT2D eigenvalue weighted by Gasteiger charge is 2.30. The number of aliphatic carboxylic acids is 1. The van der Waals surface area contributed by atoms with E-state index in [0.717, 1.165) is 5.56 Å². The number of hydrogen-bond donors (Lipinski definition) is 8. The van der Waals surface area contributed by atoms with Gasteiger partial charge in [-0.2, -0.15) is 12.6 Å². The van der Waals surface area contributed by atoms with Crippen molar-refractivity contribution in [3.8, 4) is 0 Å². The third-order valence-electron chi connectivity index (χ3n) is 4.56. The predicted molar refractivity (Wildman–Crippen MR) is 121 cm³/mol. The molecule has 0 heterocycles. The number of aliphatic hydroxyl groups excluding tert-OH is 1. The summed E-state index contributed by atoms with van der Waals surface area (Å²) in [5, 5.41) is 25.3. The van der Waals surface area contributed by atoms with Gasteiger partial charge in [-0.05, 0) is 18.4 Å². The summed E-state index contributed by atoms with van der Waals surface area (Å²) in [6, 6.07) is 3.81. The molecule has 1 aromatic rings. The number of nitrogens with one attached hydrogen (secondary N) is 3. The van der Waals surface area contributed by atoms with E-state index in [4.69, 9.17) is 16.6 Å². The highest BCUT2D eigenvalue weighted by molar-refractivity contribution is 7.80. The molecule has 33 heavy (non-hydrogen) atoms. The fourth-order valence-electron chi connectivity index (χ4n) is 2.72. The van der Waals surface area contributed by atoms with Crippen LogP contribution in [0.2, 0.25) is 0 Å². The van der Waals surface area contributed by atoms with Gasteiger partial charge >= 0.3 is 5.97 Å². The van der Waals surface area contributed by atoms with Gasteiger partial charge in [0.05, 0.1) is 12.6 Å². The summed E-state index contributed by atoms with van der Waals surface area (Å²) in [5.41, 5.74) is 11.9. The fourth-order valence-corrected chi connectivity index (χ4v) is 2.97. The molecule has 13 heteroatoms. The molecule has 0 bridgehead atoms. The molecule has 4 amide bonds. The first kappa shape index (κ1) is 27.9. The Kier molecular flexibility index (Phi) is 11.9. The molecule has 4 atom stereocenters. The summed E-state index contributed by atoms with van der Waals surface area (Å²) in [4.78, 5) is 59.7. The topological polar surface area (TPSA) is 214 Å². The number of thiol groups is 1. The molecule has 182 valence electrons. The maximum atomic E-state index is 12.7. The SMILES string of the molecule is NC(=O)CCC(NC(=O)C(N)Cc1ccccc1)C(=O)NC(CO)C(=O)NC(CS)C(=O)O. The molecular weight excluding hydrogens is 454 g/mol. The van der Waals surface area contributed by atoms with Crippen LogP contribution < -0.4 is 27.4 Å². The van der Waals surface area contributed by atoms with Crippen LogP contribution in [-0.4, -0.2) is 76.3 Å². The standard InChI is InChI=1S/C20H29N5O7S/c21-12(8-11-4-2-1-3-5-11)17(28)23-13(6-7-16(22)27)18(29)24-14(9-26)19(30)25-15(10-33)20(31)32/h1-5,12-15,26,33H,6-10,21H2,(H2,22,27)(H,23,28)(H,24,29)(H,25,30)(H,31,32). The molecule has 1 aromatic carbocycles. The Balaban J connectivity index is 2.85. The van der Waals surface area contributed by atoms with E-state index in [-0.39, 0.29) is 25.0 Å². The number of benzene rings is 1. The average Bonchev–Trinajstić information content (AvgIpc) is 2.78. The van der Waals surface area contributed by atoms with Gasteiger partial charge in [-0.3, -0.25) is 19.2 Å². The van der Waals surface area contributed by atoms with Crippen LogP contribution >= 0.6 is 12.6 Å². The number of nitrogens with two attached hydrogens (primary N) is 2. The monoisotopic (exact) mass is 483 g/mol. The first-order valence-electron chi connectivity index (χ1n) is 10.0. The van der Waals surface area contributed by atoms with Crippen LogP contribution in [0.25, 0.3) is 0 Å². The molecule has 0 fully saturated rings. The average molecular weight is 484 g/mol. The zero-order chi connectivity index (χ0) is 25.0. The van der Waals surface area contributed by atoms with Gasteiger partial charge in [0, 0.05) is 12.2 Å². The second-order valence-electron chi connectivity index (χ2n) is 7.19. The van der Waals surface area contributed by atoms with Crippen molar-refractivity contribution in [2.24, 2.45) is 11.5 Å². The maximum absolute atomic E-state index is 12.7. The largest absolute Gasteiger partial charge is 0.480 e. The zero-order valence-electron chi connectivity index (χ0n) is 17.8. The maximum Gasteiger partial charge on any atom is 0.327 e. The molecule has 0 saturated heterocycles. The minimum absolute atomic E-state index is 0.181. The molecule has 0 aliphatic rings. The van der Waals surface area contributed by atoms with Gasteiger partial charge in [0.15, 0.2) is 0 Å². The van der Waals surface area contributed by atoms with E-state index >= 15 is 0 Å². The zero-order valence-corrected chi connectivity index (χ0v) is 18.7. The lowest BCUT2D eigenvalue weighted by atomic mass is 10.0. The molecule has 0 aromatic heterocycles. The second kappa shape index (κ2) is 14.1. The van der Waals surface area contributed by atoms with Crippen molar-refractivity contribution in [1.29, 1.82) is 0 Å². The molecule has 12 nitrogen and oxygen atoms in total. The lowest BCUT2D eigenvalue weighted by molar-refractivity contribution is -0.142. The summed E-state index contributed by atoms with van der Waals surface area (Å²) < 4.78 is 0. The summed E-state index contributed by atoms with van der Waals surface area (Å²) in [6.07, 6.45) is -0.235. The van der Waals surface area contributed by atoms with Crippen molar-refractivity contribution in [2.45, 2.75) is 43.4 Å². The Morgan fingerprint density at radius 3 is 1.97 bits per heavy atom. The number of amides is 4. The molecular formula is C20H29N5O7S. The van der Waals surface area contributed by atoms with Crippen molar-refractivity contribution < 1.29 is 34.2 Å². The summed E-state index contributed by atoms with van der Waals surface area (Å²) >= 11 is 3.82. The first-order chi connectivity index (χ1) is 15.6. The van der Waals surface area contributed by atoms with Gasteiger partial charge in [-0.15, -0.1) is 0 Å². The molecule has 0 saturated carbocycles. The molecule has 0 radical (unpaired) electrons. The minimum atomic E-state index is -1.51. The number of carboxylic acid groups (broad SMARTS) is 1. The second-order valence-corrected chi connectivity index (χ2v) is 7.55. The third kappa shape index (κ3) is 9.89. The Labute approximate surface area is 195 Å². The van der Waals surface area contributed by atoms with Gasteiger partial charge in [0.2, 0.25) is 23.6 Å². The number of primary amides is 1. The van der Waals surface area contributed by atoms with Crippen LogP contribution in [-0.2, 0) is 30.4 Å². The Bertz CT molecular complexity index is 839. The smallest absolute Gasteiger partial charge is 0.327 e. The van der Waals surface area contributed by atoms with Gasteiger partial charge in [-0.1, -0.05) is 30.3 Å². The number of hydrogen-bond acceptors (Lipinski definition) is 8. The van der Waals surface area contributed by atoms with Crippen LogP contribution in [0.5, 0.6) is 0 Å². The quantitative estimate of drug-likeness (QED) is 0.130. The lowest BCUT2D eigenvalue weighted by Crippen LogP contribution is -2.58. The fraction of sp³-hybridized carbons (Fsp3) is 0.450. The van der Waals surface area contributed by atoms with Crippen LogP contribution in [0, 0.1) is 0 Å². The third-order valence-corrected chi connectivity index (χ3v) is 4.93. The van der Waals surface area contributed by atoms with Gasteiger partial charge in [-0.25, -0.2) is 4.79 Å². The summed E-state index contributed by atoms with van der Waals surface area (Å²) in [7, 11) is 0. The van der Waals surface area contributed by atoms with Crippen molar-refractivity contribution in [2.75, 3.05) is 12.4 Å².